The van der Waals surface area contributed by atoms with Gasteiger partial charge in [-0.2, -0.15) is 0 Å². The Bertz CT molecular complexity index is 790. The van der Waals surface area contributed by atoms with E-state index in [9.17, 15) is 36.6 Å². The zero-order valence-electron chi connectivity index (χ0n) is 16.5. The van der Waals surface area contributed by atoms with Gasteiger partial charge in [0.05, 0.1) is 6.10 Å². The van der Waals surface area contributed by atoms with Crippen molar-refractivity contribution in [2.75, 3.05) is 0 Å². The molecule has 0 bridgehead atoms. The van der Waals surface area contributed by atoms with Crippen molar-refractivity contribution in [3.8, 4) is 5.75 Å². The van der Waals surface area contributed by atoms with Crippen molar-refractivity contribution in [1.29, 1.82) is 0 Å². The lowest BCUT2D eigenvalue weighted by molar-refractivity contribution is -0.274. The smallest absolute Gasteiger partial charge is 0.406 e. The molecule has 6 nitrogen and oxygen atoms in total. The van der Waals surface area contributed by atoms with Crippen molar-refractivity contribution in [1.82, 2.24) is 0 Å². The van der Waals surface area contributed by atoms with Crippen LogP contribution >= 0.6 is 0 Å². The number of hydrogen-bond donors (Lipinski definition) is 3. The molecule has 2 rings (SSSR count). The summed E-state index contributed by atoms with van der Waals surface area (Å²) in [5.74, 6) is -6.25. The number of primary amides is 2. The maximum Gasteiger partial charge on any atom is 0.573 e. The van der Waals surface area contributed by atoms with Crippen LogP contribution < -0.4 is 16.2 Å². The molecule has 2 atom stereocenters. The minimum absolute atomic E-state index is 0.0417. The van der Waals surface area contributed by atoms with Gasteiger partial charge in [-0.15, -0.1) is 13.2 Å². The Labute approximate surface area is 175 Å². The lowest BCUT2D eigenvalue weighted by Crippen LogP contribution is -2.37. The van der Waals surface area contributed by atoms with Gasteiger partial charge in [-0.05, 0) is 55.7 Å². The van der Waals surface area contributed by atoms with Gasteiger partial charge in [-0.1, -0.05) is 6.07 Å². The predicted molar refractivity (Wildman–Crippen MR) is 99.9 cm³/mol. The number of amides is 2. The summed E-state index contributed by atoms with van der Waals surface area (Å²) >= 11 is 0. The highest BCUT2D eigenvalue weighted by Crippen LogP contribution is 2.40. The van der Waals surface area contributed by atoms with Crippen molar-refractivity contribution in [2.45, 2.75) is 56.9 Å². The molecule has 1 aromatic carbocycles. The number of ether oxygens (including phenoxy) is 1. The Morgan fingerprint density at radius 1 is 1.23 bits per heavy atom. The maximum atomic E-state index is 13.4. The third-order valence-electron chi connectivity index (χ3n) is 5.38. The molecule has 5 N–H and O–H groups in total. The number of alkyl halides is 5. The normalized spacial score (nSPS) is 18.9. The Kier molecular flexibility index (Phi) is 7.85. The molecule has 1 fully saturated rings. The molecule has 0 heterocycles. The third kappa shape index (κ3) is 7.64. The van der Waals surface area contributed by atoms with Gasteiger partial charge in [0.25, 0.3) is 0 Å². The molecule has 0 saturated heterocycles. The number of benzene rings is 1. The topological polar surface area (TPSA) is 116 Å². The van der Waals surface area contributed by atoms with E-state index in [1.165, 1.54) is 12.5 Å². The van der Waals surface area contributed by atoms with Crippen molar-refractivity contribution in [2.24, 2.45) is 23.3 Å². The van der Waals surface area contributed by atoms with Gasteiger partial charge >= 0.3 is 6.36 Å². The van der Waals surface area contributed by atoms with Crippen molar-refractivity contribution < 1.29 is 41.4 Å². The van der Waals surface area contributed by atoms with Gasteiger partial charge in [-0.3, -0.25) is 9.59 Å². The van der Waals surface area contributed by atoms with Crippen LogP contribution in [0.5, 0.6) is 5.75 Å². The monoisotopic (exact) mass is 451 g/mol. The predicted octanol–water partition coefficient (Wildman–Crippen LogP) is 3.11. The summed E-state index contributed by atoms with van der Waals surface area (Å²) in [6.45, 7) is 0. The number of hydrogen-bond acceptors (Lipinski definition) is 4. The highest BCUT2D eigenvalue weighted by molar-refractivity contribution is 5.94. The van der Waals surface area contributed by atoms with E-state index in [0.29, 0.717) is 0 Å². The largest absolute Gasteiger partial charge is 0.573 e. The zero-order valence-corrected chi connectivity index (χ0v) is 16.5. The van der Waals surface area contributed by atoms with Crippen LogP contribution in [-0.4, -0.2) is 35.3 Å². The van der Waals surface area contributed by atoms with E-state index in [1.54, 1.807) is 0 Å². The van der Waals surface area contributed by atoms with Gasteiger partial charge < -0.3 is 21.3 Å². The summed E-state index contributed by atoms with van der Waals surface area (Å²) in [5, 5.41) is 10.3. The molecule has 173 valence electrons. The quantitative estimate of drug-likeness (QED) is 0.501. The number of rotatable bonds is 9. The second-order valence-corrected chi connectivity index (χ2v) is 7.68. The lowest BCUT2D eigenvalue weighted by atomic mass is 9.75. The molecule has 2 unspecified atom stereocenters. The minimum atomic E-state index is -4.94. The first-order chi connectivity index (χ1) is 14.3. The van der Waals surface area contributed by atoms with E-state index >= 15 is 0 Å². The summed E-state index contributed by atoms with van der Waals surface area (Å²) in [4.78, 5) is 23.4. The number of halogens is 5. The summed E-state index contributed by atoms with van der Waals surface area (Å²) < 4.78 is 67.5. The van der Waals surface area contributed by atoms with Crippen LogP contribution in [0.15, 0.2) is 18.2 Å². The van der Waals surface area contributed by atoms with Crippen LogP contribution in [0.4, 0.5) is 22.0 Å². The second kappa shape index (κ2) is 9.80. The molecule has 2 amide bonds. The summed E-state index contributed by atoms with van der Waals surface area (Å²) in [5.41, 5.74) is 10.7. The van der Waals surface area contributed by atoms with E-state index < -0.39 is 41.9 Å². The first-order valence-electron chi connectivity index (χ1n) is 9.64. The Morgan fingerprint density at radius 3 is 2.35 bits per heavy atom. The lowest BCUT2D eigenvalue weighted by Gasteiger charge is -2.33. The molecule has 11 heteroatoms. The van der Waals surface area contributed by atoms with Crippen LogP contribution in [0.25, 0.3) is 0 Å². The fourth-order valence-corrected chi connectivity index (χ4v) is 3.79. The van der Waals surface area contributed by atoms with Gasteiger partial charge in [-0.25, -0.2) is 8.78 Å². The second-order valence-electron chi connectivity index (χ2n) is 7.68. The summed E-state index contributed by atoms with van der Waals surface area (Å²) in [6, 6.07) is 3.06. The van der Waals surface area contributed by atoms with E-state index in [-0.39, 0.29) is 55.6 Å². The van der Waals surface area contributed by atoms with Gasteiger partial charge in [0.1, 0.15) is 5.75 Å². The highest BCUT2D eigenvalue weighted by atomic mass is 19.4. The Morgan fingerprint density at radius 2 is 1.84 bits per heavy atom. The number of nitrogens with two attached hydrogens (primary N) is 2. The zero-order chi connectivity index (χ0) is 23.4. The molecule has 31 heavy (non-hydrogen) atoms. The van der Waals surface area contributed by atoms with E-state index in [0.717, 1.165) is 12.1 Å². The molecule has 1 radical (unpaired) electrons. The SMILES string of the molecule is NC(=O)c1cc(OC(F)(F)F)ccc1C[CH]C(O)CC(C(N)=O)C1CCC(F)(F)CC1. The van der Waals surface area contributed by atoms with Crippen molar-refractivity contribution in [3.05, 3.63) is 35.7 Å². The van der Waals surface area contributed by atoms with Crippen LogP contribution in [0.2, 0.25) is 0 Å². The number of aliphatic hydroxyl groups excluding tert-OH is 1. The molecule has 1 saturated carbocycles. The fraction of sp³-hybridized carbons (Fsp3) is 0.550. The van der Waals surface area contributed by atoms with Crippen LogP contribution in [0.3, 0.4) is 0 Å². The average Bonchev–Trinajstić information content (AvgIpc) is 2.63. The maximum absolute atomic E-state index is 13.4. The first-order valence-corrected chi connectivity index (χ1v) is 9.64. The Balaban J connectivity index is 2.01. The molecule has 0 aromatic heterocycles. The molecule has 1 aliphatic rings. The minimum Gasteiger partial charge on any atom is -0.406 e. The van der Waals surface area contributed by atoms with Crippen LogP contribution in [-0.2, 0) is 11.2 Å². The van der Waals surface area contributed by atoms with Gasteiger partial charge in [0.2, 0.25) is 17.7 Å². The molecule has 1 aromatic rings. The first kappa shape index (κ1) is 24.8. The van der Waals surface area contributed by atoms with Gasteiger partial charge in [0.15, 0.2) is 0 Å². The Hall–Kier alpha value is -2.43. The summed E-state index contributed by atoms with van der Waals surface area (Å²) in [6.07, 6.45) is -5.37. The number of aliphatic hydroxyl groups is 1. The summed E-state index contributed by atoms with van der Waals surface area (Å²) in [7, 11) is 0. The van der Waals surface area contributed by atoms with Crippen molar-refractivity contribution in [3.63, 3.8) is 0 Å². The standard InChI is InChI=1S/C20H24F5N2O4/c21-19(22)7-5-12(6-8-19)15(17(26)29)9-13(28)3-1-11-2-4-14(31-20(23,24)25)10-16(11)18(27)30/h2-4,10,12-13,15,28H,1,5-9H2,(H2,26,29)(H2,27,30). The molecule has 1 aliphatic carbocycles. The van der Waals surface area contributed by atoms with Crippen LogP contribution in [0.1, 0.15) is 48.0 Å². The number of carbonyl (C=O) groups is 2. The van der Waals surface area contributed by atoms with Crippen LogP contribution in [0, 0.1) is 18.3 Å². The van der Waals surface area contributed by atoms with E-state index in [1.807, 2.05) is 0 Å². The molecule has 0 aliphatic heterocycles. The highest BCUT2D eigenvalue weighted by Gasteiger charge is 2.39. The molecule has 0 spiro atoms. The molecular formula is C20H24F5N2O4. The average molecular weight is 451 g/mol. The third-order valence-corrected chi connectivity index (χ3v) is 5.38. The fourth-order valence-electron chi connectivity index (χ4n) is 3.79. The van der Waals surface area contributed by atoms with Gasteiger partial charge in [0, 0.05) is 24.3 Å². The van der Waals surface area contributed by atoms with E-state index in [2.05, 4.69) is 4.74 Å². The molecular weight excluding hydrogens is 427 g/mol. The van der Waals surface area contributed by atoms with Crippen molar-refractivity contribution >= 4 is 11.8 Å². The van der Waals surface area contributed by atoms with E-state index in [4.69, 9.17) is 11.5 Å². The number of carbonyl (C=O) groups excluding carboxylic acids is 2.